The lowest BCUT2D eigenvalue weighted by Crippen LogP contribution is -2.13. The number of benzene rings is 1. The van der Waals surface area contributed by atoms with Gasteiger partial charge < -0.3 is 14.6 Å². The average Bonchev–Trinajstić information content (AvgIpc) is 2.85. The summed E-state index contributed by atoms with van der Waals surface area (Å²) in [6.45, 7) is 0.112. The highest BCUT2D eigenvalue weighted by atomic mass is 79.9. The van der Waals surface area contributed by atoms with Crippen molar-refractivity contribution in [3.63, 3.8) is 0 Å². The molecule has 18 heavy (non-hydrogen) atoms. The molecule has 0 bridgehead atoms. The Morgan fingerprint density at radius 2 is 2.06 bits per heavy atom. The highest BCUT2D eigenvalue weighted by Gasteiger charge is 2.20. The fourth-order valence-electron chi connectivity index (χ4n) is 2.39. The van der Waals surface area contributed by atoms with Crippen LogP contribution in [0.1, 0.15) is 31.2 Å². The van der Waals surface area contributed by atoms with E-state index in [-0.39, 0.29) is 12.7 Å². The number of methoxy groups -OCH3 is 1. The minimum Gasteiger partial charge on any atom is -0.493 e. The molecule has 1 aromatic carbocycles. The summed E-state index contributed by atoms with van der Waals surface area (Å²) in [4.78, 5) is 0. The van der Waals surface area contributed by atoms with Crippen molar-refractivity contribution in [1.29, 1.82) is 0 Å². The number of ether oxygens (including phenoxy) is 2. The highest BCUT2D eigenvalue weighted by molar-refractivity contribution is 9.10. The topological polar surface area (TPSA) is 38.7 Å². The summed E-state index contributed by atoms with van der Waals surface area (Å²) in [6, 6.07) is 3.90. The molecule has 1 aliphatic rings. The van der Waals surface area contributed by atoms with Crippen molar-refractivity contribution in [3.05, 3.63) is 22.2 Å². The summed E-state index contributed by atoms with van der Waals surface area (Å²) in [5, 5.41) is 9.15. The molecule has 1 aromatic rings. The molecule has 1 saturated carbocycles. The Morgan fingerprint density at radius 1 is 1.33 bits per heavy atom. The Kier molecular flexibility index (Phi) is 4.89. The third-order valence-electron chi connectivity index (χ3n) is 3.28. The summed E-state index contributed by atoms with van der Waals surface area (Å²) in [5.41, 5.74) is 0.996. The molecule has 2 rings (SSSR count). The molecule has 0 aromatic heterocycles. The second-order valence-corrected chi connectivity index (χ2v) is 5.51. The molecular formula is C14H19BrO3. The minimum atomic E-state index is 0.112. The van der Waals surface area contributed by atoms with Crippen LogP contribution in [0.5, 0.6) is 11.5 Å². The summed E-state index contributed by atoms with van der Waals surface area (Å²) < 4.78 is 12.4. The number of aliphatic hydroxyl groups is 1. The average molecular weight is 315 g/mol. The second kappa shape index (κ2) is 6.43. The van der Waals surface area contributed by atoms with E-state index < -0.39 is 0 Å². The van der Waals surface area contributed by atoms with Gasteiger partial charge in [-0.2, -0.15) is 0 Å². The molecule has 0 aliphatic heterocycles. The van der Waals surface area contributed by atoms with E-state index in [2.05, 4.69) is 15.9 Å². The lowest BCUT2D eigenvalue weighted by atomic mass is 10.1. The third-order valence-corrected chi connectivity index (χ3v) is 3.74. The maximum atomic E-state index is 9.15. The van der Waals surface area contributed by atoms with Crippen LogP contribution in [0.4, 0.5) is 0 Å². The Hall–Kier alpha value is -0.740. The van der Waals surface area contributed by atoms with Crippen LogP contribution in [0.25, 0.3) is 0 Å². The predicted molar refractivity (Wildman–Crippen MR) is 74.4 cm³/mol. The second-order valence-electron chi connectivity index (χ2n) is 4.59. The largest absolute Gasteiger partial charge is 0.493 e. The van der Waals surface area contributed by atoms with E-state index in [0.29, 0.717) is 6.42 Å². The molecular weight excluding hydrogens is 296 g/mol. The Morgan fingerprint density at radius 3 is 2.67 bits per heavy atom. The van der Waals surface area contributed by atoms with Gasteiger partial charge in [-0.3, -0.25) is 0 Å². The normalized spacial score (nSPS) is 15.9. The fraction of sp³-hybridized carbons (Fsp3) is 0.571. The monoisotopic (exact) mass is 314 g/mol. The lowest BCUT2D eigenvalue weighted by molar-refractivity contribution is 0.197. The van der Waals surface area contributed by atoms with Gasteiger partial charge in [0.1, 0.15) is 0 Å². The molecule has 1 fully saturated rings. The smallest absolute Gasteiger partial charge is 0.164 e. The predicted octanol–water partition coefficient (Wildman–Crippen LogP) is 3.31. The van der Waals surface area contributed by atoms with Crippen molar-refractivity contribution in [2.45, 2.75) is 38.2 Å². The molecule has 0 saturated heterocycles. The molecule has 4 heteroatoms. The lowest BCUT2D eigenvalue weighted by Gasteiger charge is -2.19. The van der Waals surface area contributed by atoms with Crippen molar-refractivity contribution in [2.75, 3.05) is 13.7 Å². The zero-order valence-corrected chi connectivity index (χ0v) is 12.2. The molecule has 0 atom stereocenters. The Labute approximate surface area is 116 Å². The van der Waals surface area contributed by atoms with Crippen LogP contribution in [-0.2, 0) is 6.42 Å². The first-order valence-electron chi connectivity index (χ1n) is 6.38. The SMILES string of the molecule is COc1cc(Br)cc(CCO)c1OC1CCCC1. The number of rotatable bonds is 5. The fourth-order valence-corrected chi connectivity index (χ4v) is 2.87. The van der Waals surface area contributed by atoms with Crippen molar-refractivity contribution in [1.82, 2.24) is 0 Å². The number of hydrogen-bond acceptors (Lipinski definition) is 3. The zero-order chi connectivity index (χ0) is 13.0. The highest BCUT2D eigenvalue weighted by Crippen LogP contribution is 2.37. The third kappa shape index (κ3) is 3.18. The van der Waals surface area contributed by atoms with Crippen LogP contribution in [-0.4, -0.2) is 24.9 Å². The molecule has 0 heterocycles. The number of halogens is 1. The zero-order valence-electron chi connectivity index (χ0n) is 10.6. The number of aliphatic hydroxyl groups excluding tert-OH is 1. The molecule has 1 aliphatic carbocycles. The first-order chi connectivity index (χ1) is 8.74. The van der Waals surface area contributed by atoms with Crippen LogP contribution < -0.4 is 9.47 Å². The van der Waals surface area contributed by atoms with Crippen molar-refractivity contribution >= 4 is 15.9 Å². The van der Waals surface area contributed by atoms with Crippen LogP contribution in [0.3, 0.4) is 0 Å². The van der Waals surface area contributed by atoms with Crippen molar-refractivity contribution < 1.29 is 14.6 Å². The van der Waals surface area contributed by atoms with Gasteiger partial charge in [-0.05, 0) is 44.2 Å². The molecule has 3 nitrogen and oxygen atoms in total. The molecule has 0 spiro atoms. The maximum Gasteiger partial charge on any atom is 0.164 e. The van der Waals surface area contributed by atoms with Gasteiger partial charge >= 0.3 is 0 Å². The molecule has 1 N–H and O–H groups in total. The van der Waals surface area contributed by atoms with Gasteiger partial charge in [-0.25, -0.2) is 0 Å². The van der Waals surface area contributed by atoms with Gasteiger partial charge in [-0.1, -0.05) is 15.9 Å². The summed E-state index contributed by atoms with van der Waals surface area (Å²) in [6.07, 6.45) is 5.56. The van der Waals surface area contributed by atoms with Crippen LogP contribution in [0.15, 0.2) is 16.6 Å². The van der Waals surface area contributed by atoms with Crippen LogP contribution in [0.2, 0.25) is 0 Å². The number of hydrogen-bond donors (Lipinski definition) is 1. The van der Waals surface area contributed by atoms with Crippen molar-refractivity contribution in [3.8, 4) is 11.5 Å². The maximum absolute atomic E-state index is 9.15. The standard InChI is InChI=1S/C14H19BrO3/c1-17-13-9-11(15)8-10(6-7-16)14(13)18-12-4-2-3-5-12/h8-9,12,16H,2-7H2,1H3. The van der Waals surface area contributed by atoms with Gasteiger partial charge in [0.15, 0.2) is 11.5 Å². The van der Waals surface area contributed by atoms with E-state index in [1.807, 2.05) is 12.1 Å². The summed E-state index contributed by atoms with van der Waals surface area (Å²) in [5.74, 6) is 1.53. The molecule has 0 unspecified atom stereocenters. The van der Waals surface area contributed by atoms with Crippen LogP contribution >= 0.6 is 15.9 Å². The molecule has 0 amide bonds. The van der Waals surface area contributed by atoms with Crippen molar-refractivity contribution in [2.24, 2.45) is 0 Å². The minimum absolute atomic E-state index is 0.112. The Balaban J connectivity index is 2.28. The Bertz CT molecular complexity index is 400. The van der Waals surface area contributed by atoms with Gasteiger partial charge in [0.05, 0.1) is 13.2 Å². The van der Waals surface area contributed by atoms with E-state index >= 15 is 0 Å². The molecule has 100 valence electrons. The first kappa shape index (κ1) is 13.7. The van der Waals surface area contributed by atoms with Gasteiger partial charge in [0.2, 0.25) is 0 Å². The van der Waals surface area contributed by atoms with E-state index in [1.165, 1.54) is 12.8 Å². The van der Waals surface area contributed by atoms with Gasteiger partial charge in [0.25, 0.3) is 0 Å². The summed E-state index contributed by atoms with van der Waals surface area (Å²) >= 11 is 3.45. The van der Waals surface area contributed by atoms with Gasteiger partial charge in [0, 0.05) is 16.6 Å². The van der Waals surface area contributed by atoms with Crippen LogP contribution in [0, 0.1) is 0 Å². The van der Waals surface area contributed by atoms with E-state index in [0.717, 1.165) is 34.4 Å². The summed E-state index contributed by atoms with van der Waals surface area (Å²) in [7, 11) is 1.64. The quantitative estimate of drug-likeness (QED) is 0.906. The molecule has 0 radical (unpaired) electrons. The van der Waals surface area contributed by atoms with E-state index in [1.54, 1.807) is 7.11 Å². The van der Waals surface area contributed by atoms with E-state index in [4.69, 9.17) is 14.6 Å². The van der Waals surface area contributed by atoms with Gasteiger partial charge in [-0.15, -0.1) is 0 Å². The van der Waals surface area contributed by atoms with E-state index in [9.17, 15) is 0 Å². The first-order valence-corrected chi connectivity index (χ1v) is 7.18.